The minimum absolute atomic E-state index is 0.176. The van der Waals surface area contributed by atoms with Crippen molar-refractivity contribution < 1.29 is 23.9 Å². The number of imide groups is 2. The lowest BCUT2D eigenvalue weighted by atomic mass is 10.0. The van der Waals surface area contributed by atoms with Gasteiger partial charge in [-0.25, -0.2) is 9.69 Å². The first-order chi connectivity index (χ1) is 19.3. The van der Waals surface area contributed by atoms with E-state index in [1.807, 2.05) is 51.1 Å². The van der Waals surface area contributed by atoms with Crippen LogP contribution in [0, 0.1) is 13.8 Å². The Labute approximate surface area is 240 Å². The normalized spacial score (nSPS) is 14.6. The molecule has 1 aliphatic heterocycles. The first-order valence-corrected chi connectivity index (χ1v) is 13.6. The molecular weight excluding hydrogens is 572 g/mol. The molecule has 0 atom stereocenters. The van der Waals surface area contributed by atoms with Crippen LogP contribution < -0.4 is 19.7 Å². The molecule has 1 saturated heterocycles. The van der Waals surface area contributed by atoms with Gasteiger partial charge in [-0.15, -0.1) is 0 Å². The third kappa shape index (κ3) is 5.35. The fourth-order valence-electron chi connectivity index (χ4n) is 4.53. The van der Waals surface area contributed by atoms with Crippen LogP contribution in [0.1, 0.15) is 29.2 Å². The zero-order valence-electron chi connectivity index (χ0n) is 22.3. The predicted molar refractivity (Wildman–Crippen MR) is 159 cm³/mol. The number of carbonyl (C=O) groups excluding carboxylic acids is 3. The maximum Gasteiger partial charge on any atom is 0.335 e. The summed E-state index contributed by atoms with van der Waals surface area (Å²) in [6.45, 7) is 6.40. The molecule has 0 spiro atoms. The molecule has 0 aromatic heterocycles. The van der Waals surface area contributed by atoms with Crippen molar-refractivity contribution >= 4 is 56.3 Å². The summed E-state index contributed by atoms with van der Waals surface area (Å²) in [5, 5.41) is 4.50. The molecule has 0 unspecified atom stereocenters. The maximum absolute atomic E-state index is 13.4. The van der Waals surface area contributed by atoms with Gasteiger partial charge in [0.05, 0.1) is 12.3 Å². The quantitative estimate of drug-likeness (QED) is 0.185. The Balaban J connectivity index is 1.47. The van der Waals surface area contributed by atoms with Gasteiger partial charge in [0.25, 0.3) is 11.8 Å². The number of urea groups is 1. The molecule has 4 aromatic rings. The van der Waals surface area contributed by atoms with E-state index in [-0.39, 0.29) is 5.57 Å². The number of aryl methyl sites for hydroxylation is 2. The van der Waals surface area contributed by atoms with Gasteiger partial charge in [-0.1, -0.05) is 64.5 Å². The summed E-state index contributed by atoms with van der Waals surface area (Å²) in [4.78, 5) is 39.8. The molecule has 40 heavy (non-hydrogen) atoms. The van der Waals surface area contributed by atoms with Crippen molar-refractivity contribution in [2.45, 2.75) is 27.4 Å². The second-order valence-electron chi connectivity index (χ2n) is 9.41. The zero-order chi connectivity index (χ0) is 28.4. The summed E-state index contributed by atoms with van der Waals surface area (Å²) in [6.07, 6.45) is 1.44. The Hall–Kier alpha value is -4.43. The number of carbonyl (C=O) groups is 3. The summed E-state index contributed by atoms with van der Waals surface area (Å²) in [7, 11) is 0. The molecule has 4 amide bonds. The van der Waals surface area contributed by atoms with Crippen LogP contribution in [0.3, 0.4) is 0 Å². The van der Waals surface area contributed by atoms with Crippen molar-refractivity contribution in [1.29, 1.82) is 0 Å². The standard InChI is InChI=1S/C32H27BrN2O5/c1-4-39-28-16-23(27(33)17-29(28)40-18-22-10-7-9-21-8-5-6-11-25(21)22)15-26-30(36)34-32(38)35(31(26)37)24-13-12-19(2)20(3)14-24/h5-17H,4,18H2,1-3H3,(H,34,36,38)/b26-15+. The number of rotatable bonds is 7. The number of anilines is 1. The number of barbiturate groups is 1. The van der Waals surface area contributed by atoms with Crippen molar-refractivity contribution in [3.05, 3.63) is 105 Å². The van der Waals surface area contributed by atoms with Crippen LogP contribution in [0.25, 0.3) is 16.8 Å². The van der Waals surface area contributed by atoms with E-state index in [4.69, 9.17) is 9.47 Å². The lowest BCUT2D eigenvalue weighted by Crippen LogP contribution is -2.54. The number of amides is 4. The average molecular weight is 599 g/mol. The van der Waals surface area contributed by atoms with Crippen molar-refractivity contribution in [3.63, 3.8) is 0 Å². The maximum atomic E-state index is 13.4. The van der Waals surface area contributed by atoms with Gasteiger partial charge in [-0.05, 0) is 84.1 Å². The Morgan fingerprint density at radius 2 is 1.62 bits per heavy atom. The predicted octanol–water partition coefficient (Wildman–Crippen LogP) is 6.86. The van der Waals surface area contributed by atoms with E-state index in [0.717, 1.165) is 32.4 Å². The average Bonchev–Trinajstić information content (AvgIpc) is 2.93. The minimum atomic E-state index is -0.790. The largest absolute Gasteiger partial charge is 0.490 e. The van der Waals surface area contributed by atoms with E-state index < -0.39 is 17.8 Å². The van der Waals surface area contributed by atoms with Gasteiger partial charge in [0.15, 0.2) is 11.5 Å². The van der Waals surface area contributed by atoms with Crippen LogP contribution in [0.15, 0.2) is 82.8 Å². The molecule has 4 aromatic carbocycles. The number of nitrogens with zero attached hydrogens (tertiary/aromatic N) is 1. The molecule has 0 radical (unpaired) electrons. The van der Waals surface area contributed by atoms with E-state index in [2.05, 4.69) is 39.4 Å². The third-order valence-corrected chi connectivity index (χ3v) is 7.46. The number of hydrogen-bond acceptors (Lipinski definition) is 5. The Bertz CT molecular complexity index is 1690. The van der Waals surface area contributed by atoms with E-state index >= 15 is 0 Å². The molecule has 0 bridgehead atoms. The monoisotopic (exact) mass is 598 g/mol. The van der Waals surface area contributed by atoms with Gasteiger partial charge in [0.1, 0.15) is 12.2 Å². The first-order valence-electron chi connectivity index (χ1n) is 12.8. The number of fused-ring (bicyclic) bond motifs is 1. The highest BCUT2D eigenvalue weighted by molar-refractivity contribution is 9.10. The van der Waals surface area contributed by atoms with E-state index in [9.17, 15) is 14.4 Å². The van der Waals surface area contributed by atoms with E-state index in [1.54, 1.807) is 24.3 Å². The summed E-state index contributed by atoms with van der Waals surface area (Å²) in [5.41, 5.74) is 3.71. The lowest BCUT2D eigenvalue weighted by molar-refractivity contribution is -0.122. The second-order valence-corrected chi connectivity index (χ2v) is 10.3. The van der Waals surface area contributed by atoms with Gasteiger partial charge < -0.3 is 9.47 Å². The highest BCUT2D eigenvalue weighted by atomic mass is 79.9. The molecule has 7 nitrogen and oxygen atoms in total. The summed E-state index contributed by atoms with van der Waals surface area (Å²) >= 11 is 3.55. The number of halogens is 1. The Morgan fingerprint density at radius 3 is 2.40 bits per heavy atom. The minimum Gasteiger partial charge on any atom is -0.490 e. The van der Waals surface area contributed by atoms with Crippen LogP contribution in [-0.4, -0.2) is 24.5 Å². The number of hydrogen-bond donors (Lipinski definition) is 1. The molecule has 1 fully saturated rings. The lowest BCUT2D eigenvalue weighted by Gasteiger charge is -2.27. The fourth-order valence-corrected chi connectivity index (χ4v) is 4.97. The van der Waals surface area contributed by atoms with Gasteiger partial charge in [0, 0.05) is 4.47 Å². The summed E-state index contributed by atoms with van der Waals surface area (Å²) < 4.78 is 12.6. The number of benzene rings is 4. The van der Waals surface area contributed by atoms with E-state index in [1.165, 1.54) is 6.08 Å². The van der Waals surface area contributed by atoms with Crippen LogP contribution in [-0.2, 0) is 16.2 Å². The number of nitrogens with one attached hydrogen (secondary N) is 1. The van der Waals surface area contributed by atoms with E-state index in [0.29, 0.717) is 40.4 Å². The van der Waals surface area contributed by atoms with Gasteiger partial charge >= 0.3 is 6.03 Å². The van der Waals surface area contributed by atoms with Crippen molar-refractivity contribution in [1.82, 2.24) is 5.32 Å². The summed E-state index contributed by atoms with van der Waals surface area (Å²) in [5.74, 6) is -0.506. The topological polar surface area (TPSA) is 84.9 Å². The smallest absolute Gasteiger partial charge is 0.335 e. The molecule has 0 aliphatic carbocycles. The molecule has 1 N–H and O–H groups in total. The van der Waals surface area contributed by atoms with Gasteiger partial charge in [-0.2, -0.15) is 0 Å². The zero-order valence-corrected chi connectivity index (χ0v) is 23.9. The molecule has 202 valence electrons. The third-order valence-electron chi connectivity index (χ3n) is 6.78. The van der Waals surface area contributed by atoms with Crippen LogP contribution in [0.2, 0.25) is 0 Å². The van der Waals surface area contributed by atoms with Crippen molar-refractivity contribution in [3.8, 4) is 11.5 Å². The Kier molecular flexibility index (Phi) is 7.71. The van der Waals surface area contributed by atoms with Crippen LogP contribution in [0.4, 0.5) is 10.5 Å². The molecule has 1 aliphatic rings. The second kappa shape index (κ2) is 11.4. The summed E-state index contributed by atoms with van der Waals surface area (Å²) in [6, 6.07) is 22.1. The molecular formula is C32H27BrN2O5. The molecule has 8 heteroatoms. The number of ether oxygens (including phenoxy) is 2. The van der Waals surface area contributed by atoms with Gasteiger partial charge in [0.2, 0.25) is 0 Å². The fraction of sp³-hybridized carbons (Fsp3) is 0.156. The van der Waals surface area contributed by atoms with Gasteiger partial charge in [-0.3, -0.25) is 14.9 Å². The highest BCUT2D eigenvalue weighted by Crippen LogP contribution is 2.36. The molecule has 5 rings (SSSR count). The molecule has 1 heterocycles. The van der Waals surface area contributed by atoms with Crippen molar-refractivity contribution in [2.75, 3.05) is 11.5 Å². The van der Waals surface area contributed by atoms with Crippen LogP contribution >= 0.6 is 15.9 Å². The SMILES string of the molecule is CCOc1cc(/C=C2\C(=O)NC(=O)N(c3ccc(C)c(C)c3)C2=O)c(Br)cc1OCc1cccc2ccccc12. The van der Waals surface area contributed by atoms with Crippen LogP contribution in [0.5, 0.6) is 11.5 Å². The highest BCUT2D eigenvalue weighted by Gasteiger charge is 2.37. The first kappa shape index (κ1) is 27.1. The van der Waals surface area contributed by atoms with Crippen molar-refractivity contribution in [2.24, 2.45) is 0 Å². The Morgan fingerprint density at radius 1 is 0.875 bits per heavy atom. The molecule has 0 saturated carbocycles.